The van der Waals surface area contributed by atoms with Crippen molar-refractivity contribution in [3.63, 3.8) is 0 Å². The number of anilines is 2. The first-order chi connectivity index (χ1) is 21.6. The summed E-state index contributed by atoms with van der Waals surface area (Å²) >= 11 is 0. The normalized spacial score (nSPS) is 17.2. The summed E-state index contributed by atoms with van der Waals surface area (Å²) in [6.45, 7) is 8.83. The number of amides is 3. The Bertz CT molecular complexity index is 1600. The minimum atomic E-state index is -0.517. The highest BCUT2D eigenvalue weighted by atomic mass is 16.5. The Morgan fingerprint density at radius 3 is 2.42 bits per heavy atom. The highest BCUT2D eigenvalue weighted by molar-refractivity contribution is 6.04. The second kappa shape index (κ2) is 14.0. The molecule has 0 unspecified atom stereocenters. The number of urea groups is 1. The largest absolute Gasteiger partial charge is 0.486 e. The van der Waals surface area contributed by atoms with Crippen molar-refractivity contribution in [2.24, 2.45) is 5.92 Å². The van der Waals surface area contributed by atoms with Crippen molar-refractivity contribution in [3.05, 3.63) is 95.4 Å². The van der Waals surface area contributed by atoms with E-state index in [1.54, 1.807) is 36.9 Å². The van der Waals surface area contributed by atoms with Gasteiger partial charge in [0.2, 0.25) is 0 Å². The van der Waals surface area contributed by atoms with Crippen LogP contribution in [0.2, 0.25) is 0 Å². The molecule has 3 aromatic carbocycles. The molecular weight excluding hydrogens is 570 g/mol. The zero-order valence-corrected chi connectivity index (χ0v) is 26.4. The van der Waals surface area contributed by atoms with Gasteiger partial charge in [0.05, 0.1) is 23.9 Å². The Labute approximate surface area is 264 Å². The molecule has 0 saturated heterocycles. The first kappa shape index (κ1) is 31.7. The number of benzene rings is 3. The summed E-state index contributed by atoms with van der Waals surface area (Å²) in [7, 11) is 2.04. The Kier molecular flexibility index (Phi) is 9.85. The van der Waals surface area contributed by atoms with Gasteiger partial charge in [-0.05, 0) is 56.6 Å². The van der Waals surface area contributed by atoms with Gasteiger partial charge in [0, 0.05) is 25.6 Å². The van der Waals surface area contributed by atoms with E-state index in [0.717, 1.165) is 5.56 Å². The average Bonchev–Trinajstić information content (AvgIpc) is 3.35. The van der Waals surface area contributed by atoms with Gasteiger partial charge < -0.3 is 29.9 Å². The van der Waals surface area contributed by atoms with Crippen LogP contribution < -0.4 is 15.4 Å². The monoisotopic (exact) mass is 611 g/mol. The maximum atomic E-state index is 13.8. The van der Waals surface area contributed by atoms with Crippen LogP contribution in [0, 0.1) is 19.8 Å². The lowest BCUT2D eigenvalue weighted by Gasteiger charge is -2.38. The first-order valence-corrected chi connectivity index (χ1v) is 15.2. The third-order valence-electron chi connectivity index (χ3n) is 8.22. The second-order valence-corrected chi connectivity index (χ2v) is 11.8. The van der Waals surface area contributed by atoms with Crippen molar-refractivity contribution in [2.45, 2.75) is 46.4 Å². The number of hydrogen-bond acceptors (Lipinski definition) is 7. The third-order valence-corrected chi connectivity index (χ3v) is 8.22. The molecule has 0 aliphatic carbocycles. The molecule has 0 radical (unpaired) electrons. The highest BCUT2D eigenvalue weighted by Gasteiger charge is 2.34. The van der Waals surface area contributed by atoms with E-state index in [-0.39, 0.29) is 24.5 Å². The number of para-hydroxylation sites is 1. The molecule has 1 aliphatic rings. The smallest absolute Gasteiger partial charge is 0.323 e. The molecule has 3 amide bonds. The summed E-state index contributed by atoms with van der Waals surface area (Å²) in [6, 6.07) is 23.0. The molecule has 0 saturated carbocycles. The molecule has 1 aromatic heterocycles. The van der Waals surface area contributed by atoms with Crippen LogP contribution >= 0.6 is 0 Å². The summed E-state index contributed by atoms with van der Waals surface area (Å²) in [5, 5.41) is 19.5. The molecule has 10 nitrogen and oxygen atoms in total. The number of ether oxygens (including phenoxy) is 1. The van der Waals surface area contributed by atoms with Crippen LogP contribution in [0.15, 0.2) is 77.3 Å². The minimum Gasteiger partial charge on any atom is -0.486 e. The fraction of sp³-hybridized carbons (Fsp3) is 0.343. The molecule has 10 heteroatoms. The van der Waals surface area contributed by atoms with Crippen molar-refractivity contribution < 1.29 is 24.0 Å². The number of aliphatic hydroxyl groups is 1. The maximum absolute atomic E-state index is 13.8. The van der Waals surface area contributed by atoms with Gasteiger partial charge >= 0.3 is 6.03 Å². The molecule has 2 heterocycles. The number of hydrogen-bond donors (Lipinski definition) is 3. The van der Waals surface area contributed by atoms with Crippen molar-refractivity contribution in [2.75, 3.05) is 37.4 Å². The van der Waals surface area contributed by atoms with Crippen LogP contribution in [0.4, 0.5) is 16.2 Å². The van der Waals surface area contributed by atoms with Gasteiger partial charge in [-0.15, -0.1) is 0 Å². The van der Waals surface area contributed by atoms with E-state index in [1.165, 1.54) is 11.1 Å². The number of carbonyl (C=O) groups is 2. The fourth-order valence-corrected chi connectivity index (χ4v) is 5.60. The first-order valence-electron chi connectivity index (χ1n) is 15.2. The molecule has 3 atom stereocenters. The van der Waals surface area contributed by atoms with Gasteiger partial charge in [-0.3, -0.25) is 9.69 Å². The predicted molar refractivity (Wildman–Crippen MR) is 174 cm³/mol. The van der Waals surface area contributed by atoms with Crippen molar-refractivity contribution in [1.29, 1.82) is 0 Å². The van der Waals surface area contributed by atoms with Gasteiger partial charge in [0.1, 0.15) is 17.5 Å². The van der Waals surface area contributed by atoms with Gasteiger partial charge in [-0.2, -0.15) is 0 Å². The molecule has 45 heavy (non-hydrogen) atoms. The maximum Gasteiger partial charge on any atom is 0.323 e. The van der Waals surface area contributed by atoms with E-state index in [9.17, 15) is 14.7 Å². The zero-order valence-electron chi connectivity index (χ0n) is 26.4. The summed E-state index contributed by atoms with van der Waals surface area (Å²) < 4.78 is 11.8. The van der Waals surface area contributed by atoms with Gasteiger partial charge in [0.25, 0.3) is 5.91 Å². The van der Waals surface area contributed by atoms with E-state index in [2.05, 4.69) is 57.1 Å². The third kappa shape index (κ3) is 7.35. The molecule has 3 N–H and O–H groups in total. The van der Waals surface area contributed by atoms with Crippen LogP contribution in [-0.2, 0) is 6.54 Å². The van der Waals surface area contributed by atoms with Crippen molar-refractivity contribution in [1.82, 2.24) is 15.0 Å². The quantitative estimate of drug-likeness (QED) is 0.214. The number of nitrogens with zero attached hydrogens (tertiary/aromatic N) is 3. The highest BCUT2D eigenvalue weighted by Crippen LogP contribution is 2.35. The number of likely N-dealkylation sites (N-methyl/N-ethyl adjacent to an activating group) is 1. The van der Waals surface area contributed by atoms with E-state index in [1.807, 2.05) is 39.1 Å². The Morgan fingerprint density at radius 1 is 1.04 bits per heavy atom. The van der Waals surface area contributed by atoms with Crippen LogP contribution in [0.5, 0.6) is 5.75 Å². The number of aromatic nitrogens is 1. The van der Waals surface area contributed by atoms with Crippen molar-refractivity contribution in [3.8, 4) is 16.9 Å². The van der Waals surface area contributed by atoms with E-state index in [0.29, 0.717) is 53.8 Å². The minimum absolute atomic E-state index is 0.0804. The van der Waals surface area contributed by atoms with Gasteiger partial charge in [-0.25, -0.2) is 4.79 Å². The number of rotatable bonds is 9. The standard InChI is InChI=1S/C35H41N5O5/c1-22-18-40(23(2)21-41)34(42)29-12-9-13-30(36-35(43)37-32-24(3)38-45-25(32)4)33(29)44-31(22)20-39(5)19-26-14-16-28(17-15-26)27-10-7-6-8-11-27/h6-17,22-23,31,41H,18-21H2,1-5H3,(H2,36,37,43)/t22-,23+,31-/m1/s1. The van der Waals surface area contributed by atoms with E-state index < -0.39 is 12.1 Å². The molecular formula is C35H41N5O5. The number of fused-ring (bicyclic) bond motifs is 1. The number of aliphatic hydroxyl groups excluding tert-OH is 1. The molecule has 4 aromatic rings. The Morgan fingerprint density at radius 2 is 1.76 bits per heavy atom. The lowest BCUT2D eigenvalue weighted by molar-refractivity contribution is 0.0343. The molecule has 0 fully saturated rings. The van der Waals surface area contributed by atoms with Crippen molar-refractivity contribution >= 4 is 23.3 Å². The summed E-state index contributed by atoms with van der Waals surface area (Å²) in [5.41, 5.74) is 5.22. The second-order valence-electron chi connectivity index (χ2n) is 11.8. The lowest BCUT2D eigenvalue weighted by Crippen LogP contribution is -2.49. The molecule has 0 spiro atoms. The molecule has 1 aliphatic heterocycles. The van der Waals surface area contributed by atoms with Crippen LogP contribution in [-0.4, -0.2) is 70.9 Å². The zero-order chi connectivity index (χ0) is 32.1. The molecule has 5 rings (SSSR count). The summed E-state index contributed by atoms with van der Waals surface area (Å²) in [6.07, 6.45) is -0.326. The topological polar surface area (TPSA) is 120 Å². The molecule has 236 valence electrons. The predicted octanol–water partition coefficient (Wildman–Crippen LogP) is 5.95. The lowest BCUT2D eigenvalue weighted by atomic mass is 9.98. The van der Waals surface area contributed by atoms with E-state index in [4.69, 9.17) is 9.26 Å². The van der Waals surface area contributed by atoms with Gasteiger partial charge in [0.15, 0.2) is 11.5 Å². The van der Waals surface area contributed by atoms with Crippen LogP contribution in [0.25, 0.3) is 11.1 Å². The van der Waals surface area contributed by atoms with Crippen LogP contribution in [0.3, 0.4) is 0 Å². The Balaban J connectivity index is 1.38. The number of aryl methyl sites for hydroxylation is 2. The fourth-order valence-electron chi connectivity index (χ4n) is 5.60. The number of carbonyl (C=O) groups excluding carboxylic acids is 2. The van der Waals surface area contributed by atoms with Gasteiger partial charge in [-0.1, -0.05) is 72.7 Å². The molecule has 0 bridgehead atoms. The van der Waals surface area contributed by atoms with Crippen LogP contribution in [0.1, 0.15) is 41.2 Å². The Hall–Kier alpha value is -4.67. The average molecular weight is 612 g/mol. The number of nitrogens with one attached hydrogen (secondary N) is 2. The summed E-state index contributed by atoms with van der Waals surface area (Å²) in [4.78, 5) is 30.8. The SMILES string of the molecule is Cc1noc(C)c1NC(=O)Nc1cccc2c1O[C@H](CN(C)Cc1ccc(-c3ccccc3)cc1)[C@H](C)CN([C@@H](C)CO)C2=O. The van der Waals surface area contributed by atoms with E-state index >= 15 is 0 Å². The summed E-state index contributed by atoms with van der Waals surface area (Å²) in [5.74, 6) is 0.433.